The van der Waals surface area contributed by atoms with Crippen LogP contribution in [0.4, 0.5) is 0 Å². The minimum absolute atomic E-state index is 0.173. The summed E-state index contributed by atoms with van der Waals surface area (Å²) in [6.07, 6.45) is 3.66. The van der Waals surface area contributed by atoms with E-state index >= 15 is 0 Å². The van der Waals surface area contributed by atoms with Gasteiger partial charge in [-0.15, -0.1) is 0 Å². The van der Waals surface area contributed by atoms with Crippen molar-refractivity contribution in [2.75, 3.05) is 45.6 Å². The lowest BCUT2D eigenvalue weighted by Gasteiger charge is -2.25. The highest BCUT2D eigenvalue weighted by atomic mass is 32.2. The highest BCUT2D eigenvalue weighted by Gasteiger charge is 2.29. The first kappa shape index (κ1) is 16.7. The lowest BCUT2D eigenvalue weighted by Crippen LogP contribution is -2.38. The van der Waals surface area contributed by atoms with E-state index in [1.165, 1.54) is 19.4 Å². The van der Waals surface area contributed by atoms with Crippen LogP contribution in [-0.2, 0) is 9.84 Å². The smallest absolute Gasteiger partial charge is 0.179 e. The third kappa shape index (κ3) is 4.05. The van der Waals surface area contributed by atoms with Crippen molar-refractivity contribution < 1.29 is 13.2 Å². The van der Waals surface area contributed by atoms with Gasteiger partial charge in [-0.25, -0.2) is 8.42 Å². The summed E-state index contributed by atoms with van der Waals surface area (Å²) in [6.45, 7) is 4.99. The third-order valence-electron chi connectivity index (χ3n) is 4.96. The largest absolute Gasteiger partial charge is 0.497 e. The summed E-state index contributed by atoms with van der Waals surface area (Å²) in [7, 11) is -1.71. The number of nitrogens with zero attached hydrogens (tertiary/aromatic N) is 2. The lowest BCUT2D eigenvalue weighted by atomic mass is 10.2. The second-order valence-electron chi connectivity index (χ2n) is 6.48. The van der Waals surface area contributed by atoms with Crippen LogP contribution in [0.5, 0.6) is 5.75 Å². The van der Waals surface area contributed by atoms with Crippen LogP contribution < -0.4 is 4.74 Å². The first-order valence-electron chi connectivity index (χ1n) is 8.42. The summed E-state index contributed by atoms with van der Waals surface area (Å²) in [5.74, 6) is 0.759. The number of benzene rings is 1. The number of hydrogen-bond donors (Lipinski definition) is 0. The molecule has 128 valence electrons. The number of rotatable bonds is 5. The van der Waals surface area contributed by atoms with E-state index in [9.17, 15) is 8.42 Å². The molecule has 0 saturated carbocycles. The van der Waals surface area contributed by atoms with Crippen molar-refractivity contribution in [1.29, 1.82) is 0 Å². The molecule has 0 unspecified atom stereocenters. The van der Waals surface area contributed by atoms with Crippen LogP contribution in [0.3, 0.4) is 0 Å². The molecule has 3 rings (SSSR count). The Morgan fingerprint density at radius 3 is 2.87 bits per heavy atom. The Labute approximate surface area is 139 Å². The number of hydrogen-bond acceptors (Lipinski definition) is 5. The second kappa shape index (κ2) is 7.20. The van der Waals surface area contributed by atoms with E-state index in [1.807, 2.05) is 0 Å². The van der Waals surface area contributed by atoms with E-state index in [0.717, 1.165) is 26.1 Å². The predicted octanol–water partition coefficient (Wildman–Crippen LogP) is 1.64. The molecule has 0 amide bonds. The van der Waals surface area contributed by atoms with Gasteiger partial charge in [-0.3, -0.25) is 4.90 Å². The zero-order valence-electron chi connectivity index (χ0n) is 13.8. The fraction of sp³-hybridized carbons (Fsp3) is 0.647. The average molecular weight is 338 g/mol. The highest BCUT2D eigenvalue weighted by Crippen LogP contribution is 2.22. The first-order valence-corrected chi connectivity index (χ1v) is 10.1. The van der Waals surface area contributed by atoms with Gasteiger partial charge >= 0.3 is 0 Å². The molecule has 23 heavy (non-hydrogen) atoms. The third-order valence-corrected chi connectivity index (χ3v) is 6.66. The van der Waals surface area contributed by atoms with Gasteiger partial charge in [0.1, 0.15) is 5.75 Å². The van der Waals surface area contributed by atoms with Gasteiger partial charge in [-0.2, -0.15) is 0 Å². The summed E-state index contributed by atoms with van der Waals surface area (Å²) in [6, 6.07) is 7.38. The molecule has 0 bridgehead atoms. The van der Waals surface area contributed by atoms with E-state index < -0.39 is 9.84 Å². The Kier molecular flexibility index (Phi) is 5.24. The van der Waals surface area contributed by atoms with E-state index in [2.05, 4.69) is 9.80 Å². The molecule has 0 N–H and O–H groups in total. The maximum atomic E-state index is 12.6. The zero-order valence-corrected chi connectivity index (χ0v) is 14.6. The highest BCUT2D eigenvalue weighted by molar-refractivity contribution is 7.91. The van der Waals surface area contributed by atoms with Crippen LogP contribution >= 0.6 is 0 Å². The molecule has 6 heteroatoms. The van der Waals surface area contributed by atoms with Crippen molar-refractivity contribution in [3.05, 3.63) is 24.3 Å². The van der Waals surface area contributed by atoms with Gasteiger partial charge in [0.05, 0.1) is 17.8 Å². The van der Waals surface area contributed by atoms with Crippen LogP contribution in [0.1, 0.15) is 19.3 Å². The van der Waals surface area contributed by atoms with Crippen molar-refractivity contribution in [2.45, 2.75) is 30.2 Å². The van der Waals surface area contributed by atoms with Crippen molar-refractivity contribution in [3.63, 3.8) is 0 Å². The zero-order chi connectivity index (χ0) is 16.3. The van der Waals surface area contributed by atoms with E-state index in [0.29, 0.717) is 23.2 Å². The van der Waals surface area contributed by atoms with Crippen LogP contribution in [0.25, 0.3) is 0 Å². The lowest BCUT2D eigenvalue weighted by molar-refractivity contribution is 0.226. The number of ether oxygens (including phenoxy) is 1. The normalized spacial score (nSPS) is 23.4. The Hall–Kier alpha value is -1.11. The summed E-state index contributed by atoms with van der Waals surface area (Å²) in [4.78, 5) is 5.25. The summed E-state index contributed by atoms with van der Waals surface area (Å²) >= 11 is 0. The minimum Gasteiger partial charge on any atom is -0.497 e. The Morgan fingerprint density at radius 2 is 2.04 bits per heavy atom. The SMILES string of the molecule is COc1cccc(S(=O)(=O)CCN2CCCN3CCC[C@H]3C2)c1. The van der Waals surface area contributed by atoms with Crippen molar-refractivity contribution in [3.8, 4) is 5.75 Å². The van der Waals surface area contributed by atoms with Gasteiger partial charge < -0.3 is 9.64 Å². The summed E-state index contributed by atoms with van der Waals surface area (Å²) in [5.41, 5.74) is 0. The molecule has 2 aliphatic heterocycles. The Morgan fingerprint density at radius 1 is 1.22 bits per heavy atom. The molecule has 1 aromatic rings. The summed E-state index contributed by atoms with van der Waals surface area (Å²) < 4.78 is 30.3. The Balaban J connectivity index is 1.62. The van der Waals surface area contributed by atoms with Crippen molar-refractivity contribution in [1.82, 2.24) is 9.80 Å². The Bertz CT molecular complexity index is 632. The molecule has 1 aromatic carbocycles. The molecule has 5 nitrogen and oxygen atoms in total. The molecule has 0 radical (unpaired) electrons. The van der Waals surface area contributed by atoms with E-state index in [1.54, 1.807) is 31.4 Å². The summed E-state index contributed by atoms with van der Waals surface area (Å²) in [5, 5.41) is 0. The molecule has 2 fully saturated rings. The average Bonchev–Trinajstić information content (AvgIpc) is 2.91. The molecule has 2 saturated heterocycles. The number of methoxy groups -OCH3 is 1. The monoisotopic (exact) mass is 338 g/mol. The molecule has 0 spiro atoms. The van der Waals surface area contributed by atoms with Crippen LogP contribution in [0.2, 0.25) is 0 Å². The number of fused-ring (bicyclic) bond motifs is 1. The van der Waals surface area contributed by atoms with Gasteiger partial charge in [-0.05, 0) is 57.1 Å². The second-order valence-corrected chi connectivity index (χ2v) is 8.59. The van der Waals surface area contributed by atoms with E-state index in [-0.39, 0.29) is 5.75 Å². The van der Waals surface area contributed by atoms with Gasteiger partial charge in [0, 0.05) is 19.1 Å². The predicted molar refractivity (Wildman–Crippen MR) is 90.7 cm³/mol. The number of sulfone groups is 1. The van der Waals surface area contributed by atoms with Crippen molar-refractivity contribution in [2.24, 2.45) is 0 Å². The molecular weight excluding hydrogens is 312 g/mol. The molecule has 0 aliphatic carbocycles. The van der Waals surface area contributed by atoms with Crippen LogP contribution in [0, 0.1) is 0 Å². The van der Waals surface area contributed by atoms with Gasteiger partial charge in [-0.1, -0.05) is 6.07 Å². The van der Waals surface area contributed by atoms with Crippen LogP contribution in [-0.4, -0.2) is 69.8 Å². The van der Waals surface area contributed by atoms with E-state index in [4.69, 9.17) is 4.74 Å². The van der Waals surface area contributed by atoms with Crippen molar-refractivity contribution >= 4 is 9.84 Å². The van der Waals surface area contributed by atoms with Gasteiger partial charge in [0.2, 0.25) is 0 Å². The molecular formula is C17H26N2O3S. The standard InChI is InChI=1S/C17H26N2O3S/c1-22-16-6-2-7-17(13-16)23(20,21)12-11-18-8-4-10-19-9-3-5-15(19)14-18/h2,6-7,13,15H,3-5,8-12,14H2,1H3/t15-/m0/s1. The molecule has 0 aromatic heterocycles. The maximum Gasteiger partial charge on any atom is 0.179 e. The fourth-order valence-electron chi connectivity index (χ4n) is 3.65. The maximum absolute atomic E-state index is 12.6. The van der Waals surface area contributed by atoms with Gasteiger partial charge in [0.25, 0.3) is 0 Å². The molecule has 2 heterocycles. The quantitative estimate of drug-likeness (QED) is 0.817. The molecule has 2 aliphatic rings. The first-order chi connectivity index (χ1) is 11.1. The van der Waals surface area contributed by atoms with Crippen LogP contribution in [0.15, 0.2) is 29.2 Å². The van der Waals surface area contributed by atoms with Gasteiger partial charge in [0.15, 0.2) is 9.84 Å². The topological polar surface area (TPSA) is 49.9 Å². The minimum atomic E-state index is -3.26. The fourth-order valence-corrected chi connectivity index (χ4v) is 4.96. The molecule has 1 atom stereocenters.